The van der Waals surface area contributed by atoms with Crippen LogP contribution in [0.5, 0.6) is 0 Å². The highest BCUT2D eigenvalue weighted by Gasteiger charge is 2.00. The molecule has 1 aliphatic carbocycles. The Morgan fingerprint density at radius 2 is 2.25 bits per heavy atom. The summed E-state index contributed by atoms with van der Waals surface area (Å²) >= 11 is 0. The van der Waals surface area contributed by atoms with E-state index in [1.54, 1.807) is 6.92 Å². The zero-order chi connectivity index (χ0) is 11.8. The molecule has 16 heavy (non-hydrogen) atoms. The fourth-order valence-electron chi connectivity index (χ4n) is 1.40. The van der Waals surface area contributed by atoms with Crippen molar-refractivity contribution < 1.29 is 9.53 Å². The van der Waals surface area contributed by atoms with Crippen molar-refractivity contribution in [3.8, 4) is 0 Å². The molecule has 0 N–H and O–H groups in total. The molecule has 84 valence electrons. The average Bonchev–Trinajstić information content (AvgIpc) is 2.78. The fraction of sp³-hybridized carbons (Fsp3) is 0.214. The Morgan fingerprint density at radius 1 is 1.50 bits per heavy atom. The molecule has 0 aliphatic heterocycles. The SMILES string of the molecule is C1=Cc2ccccc2C1.C=CC(=O)OCC. The van der Waals surface area contributed by atoms with Crippen LogP contribution in [0.3, 0.4) is 0 Å². The number of hydrogen-bond acceptors (Lipinski definition) is 2. The smallest absolute Gasteiger partial charge is 0.330 e. The second-order valence-corrected chi connectivity index (χ2v) is 3.26. The molecule has 0 aromatic heterocycles. The number of benzene rings is 1. The Balaban J connectivity index is 0.000000168. The van der Waals surface area contributed by atoms with Gasteiger partial charge in [-0.25, -0.2) is 4.79 Å². The van der Waals surface area contributed by atoms with Gasteiger partial charge in [-0.05, 0) is 24.5 Å². The van der Waals surface area contributed by atoms with E-state index in [-0.39, 0.29) is 5.97 Å². The van der Waals surface area contributed by atoms with Gasteiger partial charge < -0.3 is 4.74 Å². The molecule has 0 bridgehead atoms. The van der Waals surface area contributed by atoms with E-state index in [0.29, 0.717) is 6.61 Å². The maximum absolute atomic E-state index is 10.1. The maximum atomic E-state index is 10.1. The first-order valence-electron chi connectivity index (χ1n) is 5.31. The molecule has 0 unspecified atom stereocenters. The van der Waals surface area contributed by atoms with Crippen molar-refractivity contribution in [3.05, 3.63) is 54.1 Å². The van der Waals surface area contributed by atoms with Crippen molar-refractivity contribution in [3.63, 3.8) is 0 Å². The number of fused-ring (bicyclic) bond motifs is 1. The van der Waals surface area contributed by atoms with Gasteiger partial charge in [0.1, 0.15) is 0 Å². The quantitative estimate of drug-likeness (QED) is 0.561. The normalized spacial score (nSPS) is 11.1. The molecule has 1 aliphatic rings. The van der Waals surface area contributed by atoms with Crippen molar-refractivity contribution in [2.75, 3.05) is 6.61 Å². The van der Waals surface area contributed by atoms with Gasteiger partial charge in [-0.15, -0.1) is 0 Å². The maximum Gasteiger partial charge on any atom is 0.330 e. The number of ether oxygens (including phenoxy) is 1. The highest BCUT2D eigenvalue weighted by molar-refractivity contribution is 5.81. The Labute approximate surface area is 96.2 Å². The molecule has 0 atom stereocenters. The van der Waals surface area contributed by atoms with Crippen molar-refractivity contribution in [1.29, 1.82) is 0 Å². The molecule has 0 fully saturated rings. The summed E-state index contributed by atoms with van der Waals surface area (Å²) in [5.41, 5.74) is 2.84. The molecule has 0 saturated heterocycles. The number of esters is 1. The summed E-state index contributed by atoms with van der Waals surface area (Å²) in [4.78, 5) is 10.1. The number of carbonyl (C=O) groups excluding carboxylic acids is 1. The molecule has 2 rings (SSSR count). The lowest BCUT2D eigenvalue weighted by Gasteiger charge is -1.93. The lowest BCUT2D eigenvalue weighted by Crippen LogP contribution is -1.97. The first-order valence-corrected chi connectivity index (χ1v) is 5.31. The van der Waals surface area contributed by atoms with Gasteiger partial charge >= 0.3 is 5.97 Å². The third-order valence-electron chi connectivity index (χ3n) is 2.14. The molecule has 0 saturated carbocycles. The van der Waals surface area contributed by atoms with Crippen LogP contribution in [0.15, 0.2) is 43.0 Å². The van der Waals surface area contributed by atoms with Crippen LogP contribution in [-0.4, -0.2) is 12.6 Å². The molecule has 0 amide bonds. The Morgan fingerprint density at radius 3 is 2.81 bits per heavy atom. The lowest BCUT2D eigenvalue weighted by atomic mass is 10.1. The molecule has 0 spiro atoms. The number of rotatable bonds is 2. The van der Waals surface area contributed by atoms with E-state index in [4.69, 9.17) is 0 Å². The van der Waals surface area contributed by atoms with Crippen molar-refractivity contribution in [2.45, 2.75) is 13.3 Å². The van der Waals surface area contributed by atoms with Gasteiger partial charge in [-0.2, -0.15) is 0 Å². The molecular weight excluding hydrogens is 200 g/mol. The molecule has 0 heterocycles. The van der Waals surface area contributed by atoms with E-state index in [2.05, 4.69) is 47.7 Å². The summed E-state index contributed by atoms with van der Waals surface area (Å²) in [6.45, 7) is 5.38. The van der Waals surface area contributed by atoms with Gasteiger partial charge in [0, 0.05) is 6.08 Å². The topological polar surface area (TPSA) is 26.3 Å². The van der Waals surface area contributed by atoms with Gasteiger partial charge in [0.05, 0.1) is 6.61 Å². The van der Waals surface area contributed by atoms with Gasteiger partial charge in [0.15, 0.2) is 0 Å². The molecule has 1 aromatic rings. The Hall–Kier alpha value is -1.83. The number of hydrogen-bond donors (Lipinski definition) is 0. The summed E-state index contributed by atoms with van der Waals surface area (Å²) in [7, 11) is 0. The van der Waals surface area contributed by atoms with E-state index < -0.39 is 0 Å². The summed E-state index contributed by atoms with van der Waals surface area (Å²) < 4.78 is 4.43. The van der Waals surface area contributed by atoms with E-state index >= 15 is 0 Å². The molecule has 2 heteroatoms. The second-order valence-electron chi connectivity index (χ2n) is 3.26. The molecule has 0 radical (unpaired) electrons. The van der Waals surface area contributed by atoms with Gasteiger partial charge in [-0.3, -0.25) is 0 Å². The van der Waals surface area contributed by atoms with Gasteiger partial charge in [0.2, 0.25) is 0 Å². The van der Waals surface area contributed by atoms with Crippen LogP contribution in [0.1, 0.15) is 18.1 Å². The van der Waals surface area contributed by atoms with Crippen LogP contribution < -0.4 is 0 Å². The zero-order valence-electron chi connectivity index (χ0n) is 9.48. The van der Waals surface area contributed by atoms with Gasteiger partial charge in [0.25, 0.3) is 0 Å². The first kappa shape index (κ1) is 12.2. The standard InChI is InChI=1S/C9H8.C5H8O2/c1-2-5-9-7-3-6-8(9)4-1;1-3-5(6)7-4-2/h1-6H,7H2;3H,1,4H2,2H3. The molecule has 2 nitrogen and oxygen atoms in total. The predicted molar refractivity (Wildman–Crippen MR) is 66.0 cm³/mol. The average molecular weight is 216 g/mol. The minimum atomic E-state index is -0.359. The number of carbonyl (C=O) groups is 1. The third kappa shape index (κ3) is 3.73. The Kier molecular flexibility index (Phi) is 5.06. The van der Waals surface area contributed by atoms with E-state index in [0.717, 1.165) is 12.5 Å². The van der Waals surface area contributed by atoms with E-state index in [1.165, 1.54) is 11.1 Å². The van der Waals surface area contributed by atoms with E-state index in [9.17, 15) is 4.79 Å². The predicted octanol–water partition coefficient (Wildman–Crippen LogP) is 2.99. The summed E-state index contributed by atoms with van der Waals surface area (Å²) in [5, 5.41) is 0. The summed E-state index contributed by atoms with van der Waals surface area (Å²) in [6.07, 6.45) is 6.64. The van der Waals surface area contributed by atoms with Crippen LogP contribution >= 0.6 is 0 Å². The molecule has 1 aromatic carbocycles. The largest absolute Gasteiger partial charge is 0.463 e. The van der Waals surface area contributed by atoms with Crippen molar-refractivity contribution >= 4 is 12.0 Å². The van der Waals surface area contributed by atoms with Crippen LogP contribution in [0.4, 0.5) is 0 Å². The third-order valence-corrected chi connectivity index (χ3v) is 2.14. The molecular formula is C14H16O2. The number of allylic oxidation sites excluding steroid dienone is 1. The summed E-state index contributed by atoms with van der Waals surface area (Å²) in [5.74, 6) is -0.359. The minimum Gasteiger partial charge on any atom is -0.463 e. The van der Waals surface area contributed by atoms with Crippen molar-refractivity contribution in [2.24, 2.45) is 0 Å². The lowest BCUT2D eigenvalue weighted by molar-refractivity contribution is -0.137. The van der Waals surface area contributed by atoms with Crippen LogP contribution in [-0.2, 0) is 16.0 Å². The minimum absolute atomic E-state index is 0.359. The second kappa shape index (κ2) is 6.62. The van der Waals surface area contributed by atoms with E-state index in [1.807, 2.05) is 0 Å². The highest BCUT2D eigenvalue weighted by Crippen LogP contribution is 2.17. The first-order chi connectivity index (χ1) is 7.77. The fourth-order valence-corrected chi connectivity index (χ4v) is 1.40. The monoisotopic (exact) mass is 216 g/mol. The zero-order valence-corrected chi connectivity index (χ0v) is 9.48. The van der Waals surface area contributed by atoms with Crippen molar-refractivity contribution in [1.82, 2.24) is 0 Å². The Bertz CT molecular complexity index is 391. The van der Waals surface area contributed by atoms with Crippen LogP contribution in [0.25, 0.3) is 6.08 Å². The van der Waals surface area contributed by atoms with Crippen LogP contribution in [0.2, 0.25) is 0 Å². The van der Waals surface area contributed by atoms with Gasteiger partial charge in [-0.1, -0.05) is 43.0 Å². The highest BCUT2D eigenvalue weighted by atomic mass is 16.5. The summed E-state index contributed by atoms with van der Waals surface area (Å²) in [6, 6.07) is 8.49. The van der Waals surface area contributed by atoms with Crippen LogP contribution in [0, 0.1) is 0 Å².